The first-order chi connectivity index (χ1) is 9.28. The summed E-state index contributed by atoms with van der Waals surface area (Å²) >= 11 is 1.66. The van der Waals surface area contributed by atoms with E-state index in [1.165, 1.54) is 4.88 Å². The summed E-state index contributed by atoms with van der Waals surface area (Å²) in [5.74, 6) is 1.64. The molecule has 1 aromatic heterocycles. The molecule has 19 heavy (non-hydrogen) atoms. The SMILES string of the molecule is CCc1cc(-c2ccc3c(c2)OCCCO3)c(N)s1. The summed E-state index contributed by atoms with van der Waals surface area (Å²) in [7, 11) is 0. The molecule has 0 spiro atoms. The number of fused-ring (bicyclic) bond motifs is 1. The molecule has 100 valence electrons. The summed E-state index contributed by atoms with van der Waals surface area (Å²) in [6, 6.07) is 8.21. The van der Waals surface area contributed by atoms with Crippen molar-refractivity contribution >= 4 is 16.3 Å². The predicted molar refractivity (Wildman–Crippen MR) is 79.2 cm³/mol. The number of hydrogen-bond acceptors (Lipinski definition) is 4. The van der Waals surface area contributed by atoms with Gasteiger partial charge in [0.2, 0.25) is 0 Å². The van der Waals surface area contributed by atoms with Crippen molar-refractivity contribution in [3.63, 3.8) is 0 Å². The summed E-state index contributed by atoms with van der Waals surface area (Å²) in [6.07, 6.45) is 1.93. The smallest absolute Gasteiger partial charge is 0.161 e. The van der Waals surface area contributed by atoms with E-state index in [-0.39, 0.29) is 0 Å². The van der Waals surface area contributed by atoms with Crippen molar-refractivity contribution in [1.29, 1.82) is 0 Å². The Hall–Kier alpha value is -1.68. The molecule has 1 aliphatic rings. The Morgan fingerprint density at radius 2 is 1.95 bits per heavy atom. The molecular formula is C15H17NO2S. The second-order valence-electron chi connectivity index (χ2n) is 4.56. The molecule has 0 aliphatic carbocycles. The quantitative estimate of drug-likeness (QED) is 0.908. The maximum absolute atomic E-state index is 6.10. The molecule has 1 aromatic carbocycles. The van der Waals surface area contributed by atoms with Crippen LogP contribution in [0.5, 0.6) is 11.5 Å². The fraction of sp³-hybridized carbons (Fsp3) is 0.333. The van der Waals surface area contributed by atoms with Crippen molar-refractivity contribution in [2.75, 3.05) is 18.9 Å². The van der Waals surface area contributed by atoms with Gasteiger partial charge in [-0.1, -0.05) is 13.0 Å². The molecule has 0 fully saturated rings. The third-order valence-electron chi connectivity index (χ3n) is 3.22. The summed E-state index contributed by atoms with van der Waals surface area (Å²) < 4.78 is 11.4. The van der Waals surface area contributed by atoms with Crippen LogP contribution in [0.4, 0.5) is 5.00 Å². The Bertz CT molecular complexity index is 592. The zero-order chi connectivity index (χ0) is 13.2. The normalized spacial score (nSPS) is 14.2. The van der Waals surface area contributed by atoms with Crippen LogP contribution in [0.25, 0.3) is 11.1 Å². The molecule has 3 nitrogen and oxygen atoms in total. The minimum atomic E-state index is 0.704. The Balaban J connectivity index is 2.01. The van der Waals surface area contributed by atoms with Crippen LogP contribution in [-0.2, 0) is 6.42 Å². The van der Waals surface area contributed by atoms with Crippen LogP contribution in [0.1, 0.15) is 18.2 Å². The highest BCUT2D eigenvalue weighted by Crippen LogP contribution is 2.39. The fourth-order valence-corrected chi connectivity index (χ4v) is 3.08. The van der Waals surface area contributed by atoms with E-state index in [2.05, 4.69) is 13.0 Å². The number of thiophene rings is 1. The molecule has 4 heteroatoms. The Morgan fingerprint density at radius 3 is 2.68 bits per heavy atom. The number of benzene rings is 1. The highest BCUT2D eigenvalue weighted by Gasteiger charge is 2.14. The number of nitrogen functional groups attached to an aromatic ring is 1. The minimum Gasteiger partial charge on any atom is -0.490 e. The van der Waals surface area contributed by atoms with E-state index in [0.29, 0.717) is 13.2 Å². The van der Waals surface area contributed by atoms with Crippen LogP contribution in [0.15, 0.2) is 24.3 Å². The molecule has 2 aromatic rings. The van der Waals surface area contributed by atoms with Crippen LogP contribution in [0.3, 0.4) is 0 Å². The summed E-state index contributed by atoms with van der Waals surface area (Å²) in [5, 5.41) is 0.867. The summed E-state index contributed by atoms with van der Waals surface area (Å²) in [5.41, 5.74) is 8.29. The molecular weight excluding hydrogens is 258 g/mol. The van der Waals surface area contributed by atoms with Gasteiger partial charge in [0, 0.05) is 16.9 Å². The summed E-state index contributed by atoms with van der Waals surface area (Å²) in [6.45, 7) is 3.56. The molecule has 2 heterocycles. The van der Waals surface area contributed by atoms with Crippen LogP contribution >= 0.6 is 11.3 Å². The van der Waals surface area contributed by atoms with Crippen molar-refractivity contribution in [2.45, 2.75) is 19.8 Å². The first kappa shape index (κ1) is 12.4. The van der Waals surface area contributed by atoms with E-state index < -0.39 is 0 Å². The number of ether oxygens (including phenoxy) is 2. The lowest BCUT2D eigenvalue weighted by Crippen LogP contribution is -1.97. The monoisotopic (exact) mass is 275 g/mol. The molecule has 3 rings (SSSR count). The first-order valence-corrected chi connectivity index (χ1v) is 7.38. The lowest BCUT2D eigenvalue weighted by atomic mass is 10.1. The van der Waals surface area contributed by atoms with Gasteiger partial charge in [-0.3, -0.25) is 0 Å². The zero-order valence-corrected chi connectivity index (χ0v) is 11.8. The Morgan fingerprint density at radius 1 is 1.16 bits per heavy atom. The van der Waals surface area contributed by atoms with Crippen molar-refractivity contribution in [3.05, 3.63) is 29.1 Å². The Labute approximate surface area is 117 Å². The van der Waals surface area contributed by atoms with Gasteiger partial charge >= 0.3 is 0 Å². The number of anilines is 1. The van der Waals surface area contributed by atoms with Crippen molar-refractivity contribution in [3.8, 4) is 22.6 Å². The maximum atomic E-state index is 6.10. The van der Waals surface area contributed by atoms with Crippen molar-refractivity contribution < 1.29 is 9.47 Å². The largest absolute Gasteiger partial charge is 0.490 e. The third-order valence-corrected chi connectivity index (χ3v) is 4.33. The number of aryl methyl sites for hydroxylation is 1. The van der Waals surface area contributed by atoms with Crippen LogP contribution in [0.2, 0.25) is 0 Å². The first-order valence-electron chi connectivity index (χ1n) is 6.56. The van der Waals surface area contributed by atoms with Crippen molar-refractivity contribution in [2.24, 2.45) is 0 Å². The lowest BCUT2D eigenvalue weighted by Gasteiger charge is -2.09. The molecule has 0 bridgehead atoms. The average molecular weight is 275 g/mol. The van der Waals surface area contributed by atoms with E-state index >= 15 is 0 Å². The average Bonchev–Trinajstić information content (AvgIpc) is 2.66. The zero-order valence-electron chi connectivity index (χ0n) is 10.9. The predicted octanol–water partition coefficient (Wildman–Crippen LogP) is 3.72. The topological polar surface area (TPSA) is 44.5 Å². The van der Waals surface area contributed by atoms with Crippen LogP contribution in [0, 0.1) is 0 Å². The molecule has 0 unspecified atom stereocenters. The molecule has 2 N–H and O–H groups in total. The van der Waals surface area contributed by atoms with Crippen LogP contribution in [-0.4, -0.2) is 13.2 Å². The molecule has 0 saturated carbocycles. The van der Waals surface area contributed by atoms with Gasteiger partial charge < -0.3 is 15.2 Å². The Kier molecular flexibility index (Phi) is 3.34. The second kappa shape index (κ2) is 5.13. The highest BCUT2D eigenvalue weighted by molar-refractivity contribution is 7.16. The molecule has 0 amide bonds. The van der Waals surface area contributed by atoms with E-state index in [4.69, 9.17) is 15.2 Å². The van der Waals surface area contributed by atoms with Gasteiger partial charge in [0.1, 0.15) is 0 Å². The maximum Gasteiger partial charge on any atom is 0.161 e. The number of nitrogens with two attached hydrogens (primary N) is 1. The van der Waals surface area contributed by atoms with Gasteiger partial charge in [-0.25, -0.2) is 0 Å². The van der Waals surface area contributed by atoms with Gasteiger partial charge in [0.05, 0.1) is 18.2 Å². The molecule has 0 radical (unpaired) electrons. The van der Waals surface area contributed by atoms with E-state index in [1.807, 2.05) is 18.2 Å². The van der Waals surface area contributed by atoms with Gasteiger partial charge in [-0.05, 0) is 30.2 Å². The van der Waals surface area contributed by atoms with Gasteiger partial charge in [-0.15, -0.1) is 11.3 Å². The minimum absolute atomic E-state index is 0.704. The van der Waals surface area contributed by atoms with Gasteiger partial charge in [-0.2, -0.15) is 0 Å². The van der Waals surface area contributed by atoms with E-state index in [1.54, 1.807) is 11.3 Å². The summed E-state index contributed by atoms with van der Waals surface area (Å²) in [4.78, 5) is 1.31. The molecule has 0 saturated heterocycles. The highest BCUT2D eigenvalue weighted by atomic mass is 32.1. The van der Waals surface area contributed by atoms with Crippen LogP contribution < -0.4 is 15.2 Å². The number of rotatable bonds is 2. The van der Waals surface area contributed by atoms with E-state index in [9.17, 15) is 0 Å². The molecule has 1 aliphatic heterocycles. The lowest BCUT2D eigenvalue weighted by molar-refractivity contribution is 0.297. The standard InChI is InChI=1S/C15H17NO2S/c1-2-11-9-12(15(16)19-11)10-4-5-13-14(8-10)18-7-3-6-17-13/h4-5,8-9H,2-3,6-7,16H2,1H3. The second-order valence-corrected chi connectivity index (χ2v) is 5.72. The van der Waals surface area contributed by atoms with Gasteiger partial charge in [0.15, 0.2) is 11.5 Å². The van der Waals surface area contributed by atoms with Crippen molar-refractivity contribution in [1.82, 2.24) is 0 Å². The molecule has 0 atom stereocenters. The third kappa shape index (κ3) is 2.40. The fourth-order valence-electron chi connectivity index (χ4n) is 2.19. The van der Waals surface area contributed by atoms with Gasteiger partial charge in [0.25, 0.3) is 0 Å². The number of hydrogen-bond donors (Lipinski definition) is 1. The van der Waals surface area contributed by atoms with E-state index in [0.717, 1.165) is 40.5 Å².